The van der Waals surface area contributed by atoms with Crippen LogP contribution in [0.2, 0.25) is 0 Å². The molecule has 2 N–H and O–H groups in total. The Morgan fingerprint density at radius 1 is 1.23 bits per heavy atom. The molecule has 4 rings (SSSR count). The molecule has 1 aliphatic heterocycles. The number of hydrogen-bond acceptors (Lipinski definition) is 4. The van der Waals surface area contributed by atoms with Gasteiger partial charge in [-0.3, -0.25) is 4.79 Å². The maximum absolute atomic E-state index is 13.0. The number of rotatable bonds is 2. The first-order valence-electron chi connectivity index (χ1n) is 8.35. The van der Waals surface area contributed by atoms with Crippen LogP contribution in [-0.4, -0.2) is 21.7 Å². The van der Waals surface area contributed by atoms with Gasteiger partial charge in [-0.2, -0.15) is 10.4 Å². The van der Waals surface area contributed by atoms with Crippen LogP contribution in [0.25, 0.3) is 5.69 Å². The van der Waals surface area contributed by atoms with Crippen LogP contribution in [0, 0.1) is 11.3 Å². The Balaban J connectivity index is 1.64. The number of nitriles is 1. The minimum Gasteiger partial charge on any atom is -0.382 e. The molecule has 1 unspecified atom stereocenters. The minimum absolute atomic E-state index is 0.0276. The summed E-state index contributed by atoms with van der Waals surface area (Å²) in [6.07, 6.45) is 2.29. The van der Waals surface area contributed by atoms with Crippen LogP contribution in [0.5, 0.6) is 0 Å². The van der Waals surface area contributed by atoms with E-state index in [2.05, 4.69) is 18.1 Å². The van der Waals surface area contributed by atoms with Crippen molar-refractivity contribution in [2.45, 2.75) is 19.4 Å². The maximum Gasteiger partial charge on any atom is 0.258 e. The summed E-state index contributed by atoms with van der Waals surface area (Å²) >= 11 is 0. The SMILES string of the molecule is CC1Cc2ccccc2N1C(=O)c1ccc(-n2ncc(C#N)c2N)cc1. The molecule has 6 heteroatoms. The standard InChI is InChI=1S/C20H17N5O/c1-13-10-15-4-2-3-5-18(15)24(13)20(26)14-6-8-17(9-7-14)25-19(22)16(11-21)12-23-25/h2-9,12-13H,10,22H2,1H3. The quantitative estimate of drug-likeness (QED) is 0.775. The highest BCUT2D eigenvalue weighted by Crippen LogP contribution is 2.33. The van der Waals surface area contributed by atoms with E-state index in [9.17, 15) is 4.79 Å². The summed E-state index contributed by atoms with van der Waals surface area (Å²) in [7, 11) is 0. The molecule has 0 radical (unpaired) electrons. The van der Waals surface area contributed by atoms with Crippen LogP contribution >= 0.6 is 0 Å². The first-order valence-corrected chi connectivity index (χ1v) is 8.35. The number of carbonyl (C=O) groups is 1. The smallest absolute Gasteiger partial charge is 0.258 e. The monoisotopic (exact) mass is 343 g/mol. The van der Waals surface area contributed by atoms with E-state index in [0.29, 0.717) is 16.8 Å². The zero-order valence-corrected chi connectivity index (χ0v) is 14.3. The summed E-state index contributed by atoms with van der Waals surface area (Å²) in [6, 6.07) is 17.2. The second kappa shape index (κ2) is 6.05. The molecular formula is C20H17N5O. The van der Waals surface area contributed by atoms with Crippen LogP contribution in [0.3, 0.4) is 0 Å². The number of amides is 1. The topological polar surface area (TPSA) is 87.9 Å². The van der Waals surface area contributed by atoms with Crippen molar-refractivity contribution < 1.29 is 4.79 Å². The summed E-state index contributed by atoms with van der Waals surface area (Å²) in [5.41, 5.74) is 9.72. The molecule has 0 saturated carbocycles. The van der Waals surface area contributed by atoms with E-state index < -0.39 is 0 Å². The molecule has 128 valence electrons. The van der Waals surface area contributed by atoms with Gasteiger partial charge in [-0.15, -0.1) is 0 Å². The molecule has 0 saturated heterocycles. The fourth-order valence-corrected chi connectivity index (χ4v) is 3.41. The van der Waals surface area contributed by atoms with Crippen LogP contribution in [0.4, 0.5) is 11.5 Å². The molecule has 1 amide bonds. The van der Waals surface area contributed by atoms with Crippen molar-refractivity contribution in [3.05, 3.63) is 71.4 Å². The predicted octanol–water partition coefficient (Wildman–Crippen LogP) is 2.92. The Kier molecular flexibility index (Phi) is 3.70. The van der Waals surface area contributed by atoms with Gasteiger partial charge in [0.15, 0.2) is 0 Å². The van der Waals surface area contributed by atoms with E-state index >= 15 is 0 Å². The summed E-state index contributed by atoms with van der Waals surface area (Å²) in [4.78, 5) is 14.9. The van der Waals surface area contributed by atoms with Gasteiger partial charge in [0.25, 0.3) is 5.91 Å². The first-order chi connectivity index (χ1) is 12.6. The van der Waals surface area contributed by atoms with Crippen molar-refractivity contribution in [2.75, 3.05) is 10.6 Å². The Morgan fingerprint density at radius 3 is 2.65 bits per heavy atom. The average molecular weight is 343 g/mol. The zero-order chi connectivity index (χ0) is 18.3. The van der Waals surface area contributed by atoms with Crippen molar-refractivity contribution in [1.82, 2.24) is 9.78 Å². The summed E-state index contributed by atoms with van der Waals surface area (Å²) in [6.45, 7) is 2.06. The maximum atomic E-state index is 13.0. The van der Waals surface area contributed by atoms with Gasteiger partial charge >= 0.3 is 0 Å². The molecule has 0 aliphatic carbocycles. The van der Waals surface area contributed by atoms with Crippen molar-refractivity contribution in [2.24, 2.45) is 0 Å². The first kappa shape index (κ1) is 15.9. The molecule has 2 heterocycles. The summed E-state index contributed by atoms with van der Waals surface area (Å²) in [5.74, 6) is 0.258. The lowest BCUT2D eigenvalue weighted by molar-refractivity contribution is 0.0981. The van der Waals surface area contributed by atoms with Crippen LogP contribution in [0.1, 0.15) is 28.4 Å². The largest absolute Gasteiger partial charge is 0.382 e. The van der Waals surface area contributed by atoms with Crippen molar-refractivity contribution in [1.29, 1.82) is 5.26 Å². The second-order valence-electron chi connectivity index (χ2n) is 6.37. The molecule has 3 aromatic rings. The fourth-order valence-electron chi connectivity index (χ4n) is 3.41. The fraction of sp³-hybridized carbons (Fsp3) is 0.150. The van der Waals surface area contributed by atoms with Gasteiger partial charge in [-0.1, -0.05) is 18.2 Å². The third-order valence-electron chi connectivity index (χ3n) is 4.71. The number of benzene rings is 2. The van der Waals surface area contributed by atoms with Gasteiger partial charge < -0.3 is 10.6 Å². The number of hydrogen-bond donors (Lipinski definition) is 1. The third kappa shape index (κ3) is 2.42. The normalized spacial score (nSPS) is 15.5. The number of carbonyl (C=O) groups excluding carboxylic acids is 1. The lowest BCUT2D eigenvalue weighted by Crippen LogP contribution is -2.35. The molecule has 0 fully saturated rings. The highest BCUT2D eigenvalue weighted by molar-refractivity contribution is 6.07. The Morgan fingerprint density at radius 2 is 1.96 bits per heavy atom. The highest BCUT2D eigenvalue weighted by atomic mass is 16.2. The van der Waals surface area contributed by atoms with Gasteiger partial charge in [-0.25, -0.2) is 4.68 Å². The van der Waals surface area contributed by atoms with Gasteiger partial charge in [-0.05, 0) is 49.2 Å². The molecule has 26 heavy (non-hydrogen) atoms. The molecular weight excluding hydrogens is 326 g/mol. The molecule has 0 spiro atoms. The lowest BCUT2D eigenvalue weighted by Gasteiger charge is -2.23. The van der Waals surface area contributed by atoms with Gasteiger partial charge in [0.1, 0.15) is 17.5 Å². The lowest BCUT2D eigenvalue weighted by atomic mass is 10.1. The average Bonchev–Trinajstić information content (AvgIpc) is 3.20. The van der Waals surface area contributed by atoms with E-state index in [1.807, 2.05) is 29.2 Å². The molecule has 1 aromatic heterocycles. The van der Waals surface area contributed by atoms with Gasteiger partial charge in [0, 0.05) is 17.3 Å². The van der Waals surface area contributed by atoms with Crippen LogP contribution in [-0.2, 0) is 6.42 Å². The highest BCUT2D eigenvalue weighted by Gasteiger charge is 2.31. The number of anilines is 2. The second-order valence-corrected chi connectivity index (χ2v) is 6.37. The van der Waals surface area contributed by atoms with E-state index in [-0.39, 0.29) is 17.8 Å². The van der Waals surface area contributed by atoms with Crippen molar-refractivity contribution in [3.63, 3.8) is 0 Å². The van der Waals surface area contributed by atoms with E-state index in [1.54, 1.807) is 24.3 Å². The van der Waals surface area contributed by atoms with E-state index in [1.165, 1.54) is 16.4 Å². The predicted molar refractivity (Wildman–Crippen MR) is 99.1 cm³/mol. The summed E-state index contributed by atoms with van der Waals surface area (Å²) < 4.78 is 1.49. The number of nitrogens with zero attached hydrogens (tertiary/aromatic N) is 4. The Bertz CT molecular complexity index is 1030. The number of aromatic nitrogens is 2. The van der Waals surface area contributed by atoms with Crippen LogP contribution in [0.15, 0.2) is 54.7 Å². The Labute approximate surface area is 151 Å². The molecule has 6 nitrogen and oxygen atoms in total. The number of fused-ring (bicyclic) bond motifs is 1. The molecule has 0 bridgehead atoms. The summed E-state index contributed by atoms with van der Waals surface area (Å²) in [5, 5.41) is 13.1. The minimum atomic E-state index is -0.0276. The third-order valence-corrected chi connectivity index (χ3v) is 4.71. The van der Waals surface area contributed by atoms with Crippen LogP contribution < -0.4 is 10.6 Å². The van der Waals surface area contributed by atoms with E-state index in [4.69, 9.17) is 11.0 Å². The van der Waals surface area contributed by atoms with Gasteiger partial charge in [0.2, 0.25) is 0 Å². The molecule has 1 atom stereocenters. The number of para-hydroxylation sites is 1. The molecule has 2 aromatic carbocycles. The van der Waals surface area contributed by atoms with Gasteiger partial charge in [0.05, 0.1) is 11.9 Å². The molecule has 1 aliphatic rings. The number of nitrogen functional groups attached to an aromatic ring is 1. The van der Waals surface area contributed by atoms with Crippen molar-refractivity contribution >= 4 is 17.4 Å². The number of nitrogens with two attached hydrogens (primary N) is 1. The Hall–Kier alpha value is -3.59. The zero-order valence-electron chi connectivity index (χ0n) is 14.3. The van der Waals surface area contributed by atoms with Crippen molar-refractivity contribution in [3.8, 4) is 11.8 Å². The van der Waals surface area contributed by atoms with E-state index in [0.717, 1.165) is 12.1 Å².